The van der Waals surface area contributed by atoms with Gasteiger partial charge in [-0.15, -0.1) is 10.2 Å². The highest BCUT2D eigenvalue weighted by molar-refractivity contribution is 9.10. The van der Waals surface area contributed by atoms with Crippen LogP contribution in [0.25, 0.3) is 16.5 Å². The largest absolute Gasteiger partial charge is 0.264 e. The average Bonchev–Trinajstić information content (AvgIpc) is 3.35. The van der Waals surface area contributed by atoms with Crippen molar-refractivity contribution >= 4 is 38.5 Å². The predicted octanol–water partition coefficient (Wildman–Crippen LogP) is 5.73. The third kappa shape index (κ3) is 2.91. The Hall–Kier alpha value is -1.59. The van der Waals surface area contributed by atoms with Crippen LogP contribution in [0.4, 0.5) is 0 Å². The smallest absolute Gasteiger partial charge is 0.205 e. The fourth-order valence-corrected chi connectivity index (χ4v) is 4.33. The van der Waals surface area contributed by atoms with Gasteiger partial charge in [0.2, 0.25) is 4.73 Å². The number of rotatable bonds is 5. The number of benzene rings is 2. The number of nitrogens with zero attached hydrogens (tertiary/aromatic N) is 3. The summed E-state index contributed by atoms with van der Waals surface area (Å²) in [5.74, 6) is 1.56. The summed E-state index contributed by atoms with van der Waals surface area (Å²) in [6.45, 7) is 6.01. The number of halogens is 1. The second kappa shape index (κ2) is 6.37. The van der Waals surface area contributed by atoms with E-state index in [0.29, 0.717) is 0 Å². The molecular formula is C19H18BrN3S. The van der Waals surface area contributed by atoms with Gasteiger partial charge in [0.15, 0.2) is 5.16 Å². The molecule has 0 spiro atoms. The molecule has 1 saturated carbocycles. The summed E-state index contributed by atoms with van der Waals surface area (Å²) in [6, 6.07) is 13.1. The monoisotopic (exact) mass is 399 g/mol. The summed E-state index contributed by atoms with van der Waals surface area (Å²) in [7, 11) is 0. The van der Waals surface area contributed by atoms with Gasteiger partial charge in [0, 0.05) is 11.1 Å². The highest BCUT2D eigenvalue weighted by atomic mass is 79.9. The minimum atomic E-state index is 0.727. The number of thioether (sulfide) groups is 1. The van der Waals surface area contributed by atoms with Crippen molar-refractivity contribution in [3.8, 4) is 5.69 Å². The maximum Gasteiger partial charge on any atom is 0.205 e. The molecule has 0 N–H and O–H groups in total. The van der Waals surface area contributed by atoms with E-state index in [1.807, 2.05) is 6.92 Å². The summed E-state index contributed by atoms with van der Waals surface area (Å²) >= 11 is 5.22. The van der Waals surface area contributed by atoms with Crippen molar-refractivity contribution in [2.24, 2.45) is 0 Å². The lowest BCUT2D eigenvalue weighted by molar-refractivity contribution is 0.882. The van der Waals surface area contributed by atoms with Crippen molar-refractivity contribution in [3.63, 3.8) is 0 Å². The minimum Gasteiger partial charge on any atom is -0.264 e. The van der Waals surface area contributed by atoms with E-state index in [0.717, 1.165) is 32.8 Å². The van der Waals surface area contributed by atoms with Gasteiger partial charge in [0.1, 0.15) is 0 Å². The Kier molecular flexibility index (Phi) is 4.22. The molecule has 3 aromatic rings. The molecule has 1 fully saturated rings. The van der Waals surface area contributed by atoms with E-state index in [1.165, 1.54) is 29.2 Å². The zero-order valence-electron chi connectivity index (χ0n) is 13.5. The van der Waals surface area contributed by atoms with Crippen LogP contribution in [-0.2, 0) is 0 Å². The van der Waals surface area contributed by atoms with Crippen LogP contribution in [0.3, 0.4) is 0 Å². The molecule has 0 bridgehead atoms. The minimum absolute atomic E-state index is 0.727. The van der Waals surface area contributed by atoms with Crippen molar-refractivity contribution < 1.29 is 0 Å². The molecule has 0 unspecified atom stereocenters. The maximum absolute atomic E-state index is 4.33. The Morgan fingerprint density at radius 3 is 2.67 bits per heavy atom. The van der Waals surface area contributed by atoms with Gasteiger partial charge < -0.3 is 0 Å². The lowest BCUT2D eigenvalue weighted by Gasteiger charge is -2.14. The van der Waals surface area contributed by atoms with Gasteiger partial charge in [-0.25, -0.2) is 0 Å². The fourth-order valence-electron chi connectivity index (χ4n) is 2.99. The second-order valence-corrected chi connectivity index (χ2v) is 7.98. The molecule has 0 radical (unpaired) electrons. The van der Waals surface area contributed by atoms with E-state index < -0.39 is 0 Å². The quantitative estimate of drug-likeness (QED) is 0.405. The topological polar surface area (TPSA) is 30.7 Å². The van der Waals surface area contributed by atoms with Crippen LogP contribution < -0.4 is 0 Å². The average molecular weight is 400 g/mol. The molecule has 0 aliphatic heterocycles. The predicted molar refractivity (Wildman–Crippen MR) is 104 cm³/mol. The number of hydrogen-bond acceptors (Lipinski definition) is 3. The molecule has 24 heavy (non-hydrogen) atoms. The van der Waals surface area contributed by atoms with Gasteiger partial charge in [-0.3, -0.25) is 4.57 Å². The van der Waals surface area contributed by atoms with Gasteiger partial charge in [0.25, 0.3) is 0 Å². The Balaban J connectivity index is 1.87. The summed E-state index contributed by atoms with van der Waals surface area (Å²) in [4.78, 5) is 0. The molecule has 2 aromatic carbocycles. The fraction of sp³-hybridized carbons (Fsp3) is 0.263. The zero-order valence-corrected chi connectivity index (χ0v) is 15.9. The highest BCUT2D eigenvalue weighted by Crippen LogP contribution is 2.44. The van der Waals surface area contributed by atoms with E-state index in [4.69, 9.17) is 0 Å². The first-order valence-corrected chi connectivity index (χ1v) is 9.83. The van der Waals surface area contributed by atoms with Gasteiger partial charge in [-0.05, 0) is 58.6 Å². The molecule has 0 amide bonds. The molecule has 1 aliphatic carbocycles. The summed E-state index contributed by atoms with van der Waals surface area (Å²) in [5, 5.41) is 12.0. The molecule has 122 valence electrons. The molecule has 0 atom stereocenters. The maximum atomic E-state index is 4.33. The van der Waals surface area contributed by atoms with E-state index in [2.05, 4.69) is 73.7 Å². The van der Waals surface area contributed by atoms with Crippen LogP contribution in [-0.4, -0.2) is 20.5 Å². The molecule has 1 aliphatic rings. The van der Waals surface area contributed by atoms with Crippen LogP contribution >= 0.6 is 27.7 Å². The Morgan fingerprint density at radius 1 is 1.21 bits per heavy atom. The summed E-state index contributed by atoms with van der Waals surface area (Å²) in [5.41, 5.74) is 3.71. The highest BCUT2D eigenvalue weighted by Gasteiger charge is 2.26. The SMILES string of the molecule is C=C(C)CSc1nnc(Br)n1-c1ccc(C2CC2)c2ccccc12. The van der Waals surface area contributed by atoms with Crippen molar-refractivity contribution in [1.82, 2.24) is 14.8 Å². The lowest BCUT2D eigenvalue weighted by Crippen LogP contribution is -2.00. The Bertz CT molecular complexity index is 928. The standard InChI is InChI=1S/C19H18BrN3S/c1-12(2)11-24-19-22-21-18(20)23(19)17-10-9-14(13-7-8-13)15-5-3-4-6-16(15)17/h3-6,9-10,13H,1,7-8,11H2,2H3. The molecule has 0 saturated heterocycles. The molecule has 1 heterocycles. The van der Waals surface area contributed by atoms with Crippen LogP contribution in [0, 0.1) is 0 Å². The van der Waals surface area contributed by atoms with E-state index >= 15 is 0 Å². The van der Waals surface area contributed by atoms with Crippen LogP contribution in [0.5, 0.6) is 0 Å². The third-order valence-electron chi connectivity index (χ3n) is 4.23. The van der Waals surface area contributed by atoms with Crippen LogP contribution in [0.1, 0.15) is 31.2 Å². The van der Waals surface area contributed by atoms with Gasteiger partial charge >= 0.3 is 0 Å². The molecule has 3 nitrogen and oxygen atoms in total. The first-order chi connectivity index (χ1) is 11.6. The number of hydrogen-bond donors (Lipinski definition) is 0. The molecule has 5 heteroatoms. The van der Waals surface area contributed by atoms with Crippen LogP contribution in [0.2, 0.25) is 0 Å². The first-order valence-electron chi connectivity index (χ1n) is 8.05. The molecule has 1 aromatic heterocycles. The first kappa shape index (κ1) is 15.9. The van der Waals surface area contributed by atoms with Gasteiger partial charge in [-0.2, -0.15) is 0 Å². The normalized spacial score (nSPS) is 14.2. The van der Waals surface area contributed by atoms with E-state index in [9.17, 15) is 0 Å². The lowest BCUT2D eigenvalue weighted by atomic mass is 9.99. The van der Waals surface area contributed by atoms with Crippen LogP contribution in [0.15, 0.2) is 58.4 Å². The third-order valence-corrected chi connectivity index (χ3v) is 5.91. The Labute approximate surface area is 154 Å². The molecular weight excluding hydrogens is 382 g/mol. The van der Waals surface area contributed by atoms with Crippen molar-refractivity contribution in [1.29, 1.82) is 0 Å². The van der Waals surface area contributed by atoms with E-state index in [1.54, 1.807) is 11.8 Å². The molecule has 4 rings (SSSR count). The van der Waals surface area contributed by atoms with E-state index in [-0.39, 0.29) is 0 Å². The summed E-state index contributed by atoms with van der Waals surface area (Å²) in [6.07, 6.45) is 2.61. The number of fused-ring (bicyclic) bond motifs is 1. The Morgan fingerprint density at radius 2 is 1.96 bits per heavy atom. The van der Waals surface area contributed by atoms with Gasteiger partial charge in [-0.1, -0.05) is 54.2 Å². The number of aromatic nitrogens is 3. The zero-order chi connectivity index (χ0) is 16.7. The van der Waals surface area contributed by atoms with Crippen molar-refractivity contribution in [2.75, 3.05) is 5.75 Å². The summed E-state index contributed by atoms with van der Waals surface area (Å²) < 4.78 is 2.82. The van der Waals surface area contributed by atoms with Crippen molar-refractivity contribution in [3.05, 3.63) is 58.8 Å². The van der Waals surface area contributed by atoms with Gasteiger partial charge in [0.05, 0.1) is 5.69 Å². The van der Waals surface area contributed by atoms with Crippen molar-refractivity contribution in [2.45, 2.75) is 30.8 Å². The second-order valence-electron chi connectivity index (χ2n) is 6.33.